The molecule has 0 unspecified atom stereocenters. The minimum absolute atomic E-state index is 0.185. The van der Waals surface area contributed by atoms with Crippen molar-refractivity contribution in [1.82, 2.24) is 15.5 Å². The Hall–Kier alpha value is -2.46. The van der Waals surface area contributed by atoms with E-state index in [0.29, 0.717) is 10.1 Å². The van der Waals surface area contributed by atoms with Gasteiger partial charge in [-0.3, -0.25) is 4.79 Å². The Kier molecular flexibility index (Phi) is 5.07. The summed E-state index contributed by atoms with van der Waals surface area (Å²) in [7, 11) is 0. The van der Waals surface area contributed by atoms with Crippen molar-refractivity contribution in [2.45, 2.75) is 26.8 Å². The third-order valence-electron chi connectivity index (χ3n) is 2.93. The van der Waals surface area contributed by atoms with E-state index in [0.717, 1.165) is 5.69 Å². The summed E-state index contributed by atoms with van der Waals surface area (Å²) in [5.41, 5.74) is 2.07. The molecule has 6 nitrogen and oxygen atoms in total. The van der Waals surface area contributed by atoms with Gasteiger partial charge in [0.25, 0.3) is 0 Å². The Morgan fingerprint density at radius 2 is 1.95 bits per heavy atom. The first-order valence-electron chi connectivity index (χ1n) is 6.86. The highest BCUT2D eigenvalue weighted by atomic mass is 32.1. The molecule has 0 aliphatic carbocycles. The minimum Gasteiger partial charge on any atom is -0.334 e. The number of benzene rings is 1. The van der Waals surface area contributed by atoms with Gasteiger partial charge in [-0.05, 0) is 19.1 Å². The molecule has 0 spiro atoms. The van der Waals surface area contributed by atoms with Crippen LogP contribution >= 0.6 is 11.3 Å². The number of hydrogen-bond acceptors (Lipinski definition) is 6. The van der Waals surface area contributed by atoms with E-state index in [1.807, 2.05) is 37.3 Å². The molecule has 1 aromatic heterocycles. The first-order valence-corrected chi connectivity index (χ1v) is 7.68. The van der Waals surface area contributed by atoms with Crippen LogP contribution < -0.4 is 10.6 Å². The number of nitriles is 1. The number of hydrogen-bond donors (Lipinski definition) is 2. The molecule has 0 radical (unpaired) electrons. The van der Waals surface area contributed by atoms with E-state index in [-0.39, 0.29) is 11.8 Å². The van der Waals surface area contributed by atoms with Gasteiger partial charge in [-0.2, -0.15) is 5.26 Å². The summed E-state index contributed by atoms with van der Waals surface area (Å²) in [6.45, 7) is 5.56. The summed E-state index contributed by atoms with van der Waals surface area (Å²) in [6.07, 6.45) is 0. The van der Waals surface area contributed by atoms with Crippen LogP contribution in [0, 0.1) is 24.2 Å². The molecule has 2 N–H and O–H groups in total. The van der Waals surface area contributed by atoms with Crippen LogP contribution in [0.15, 0.2) is 24.3 Å². The molecule has 0 aliphatic rings. The van der Waals surface area contributed by atoms with Gasteiger partial charge in [-0.1, -0.05) is 42.9 Å². The zero-order valence-electron chi connectivity index (χ0n) is 12.6. The van der Waals surface area contributed by atoms with Crippen molar-refractivity contribution in [3.05, 3.63) is 34.8 Å². The second-order valence-electron chi connectivity index (χ2n) is 5.16. The molecule has 114 valence electrons. The molecule has 7 heteroatoms. The third-order valence-corrected chi connectivity index (χ3v) is 3.83. The number of aryl methyl sites for hydroxylation is 1. The number of rotatable bonds is 5. The van der Waals surface area contributed by atoms with E-state index >= 15 is 0 Å². The normalized spacial score (nSPS) is 11.8. The molecule has 0 saturated carbocycles. The second kappa shape index (κ2) is 7.00. The van der Waals surface area contributed by atoms with Gasteiger partial charge in [0, 0.05) is 11.6 Å². The van der Waals surface area contributed by atoms with E-state index < -0.39 is 6.04 Å². The quantitative estimate of drug-likeness (QED) is 0.885. The number of carbonyl (C=O) groups excluding carboxylic acids is 1. The Morgan fingerprint density at radius 1 is 1.27 bits per heavy atom. The van der Waals surface area contributed by atoms with Crippen molar-refractivity contribution in [3.8, 4) is 6.07 Å². The summed E-state index contributed by atoms with van der Waals surface area (Å²) in [4.78, 5) is 11.7. The Labute approximate surface area is 133 Å². The van der Waals surface area contributed by atoms with Gasteiger partial charge in [0.15, 0.2) is 11.0 Å². The van der Waals surface area contributed by atoms with Crippen LogP contribution in [-0.2, 0) is 4.79 Å². The number of nitrogens with zero attached hydrogens (tertiary/aromatic N) is 3. The predicted molar refractivity (Wildman–Crippen MR) is 85.7 cm³/mol. The van der Waals surface area contributed by atoms with E-state index in [2.05, 4.69) is 20.8 Å². The van der Waals surface area contributed by atoms with Crippen LogP contribution in [0.25, 0.3) is 0 Å². The molecule has 0 aliphatic heterocycles. The Balaban J connectivity index is 2.08. The fraction of sp³-hybridized carbons (Fsp3) is 0.333. The largest absolute Gasteiger partial charge is 0.334 e. The maximum absolute atomic E-state index is 11.7. The van der Waals surface area contributed by atoms with Crippen molar-refractivity contribution in [3.63, 3.8) is 0 Å². The molecule has 22 heavy (non-hydrogen) atoms. The van der Waals surface area contributed by atoms with Crippen LogP contribution in [-0.4, -0.2) is 16.1 Å². The lowest BCUT2D eigenvalue weighted by Crippen LogP contribution is -2.31. The van der Waals surface area contributed by atoms with Gasteiger partial charge in [-0.15, -0.1) is 10.2 Å². The predicted octanol–water partition coefficient (Wildman–Crippen LogP) is 2.93. The van der Waals surface area contributed by atoms with E-state index in [4.69, 9.17) is 0 Å². The molecule has 0 bridgehead atoms. The fourth-order valence-electron chi connectivity index (χ4n) is 1.62. The molecule has 1 atom stereocenters. The van der Waals surface area contributed by atoms with Crippen LogP contribution in [0.3, 0.4) is 0 Å². The van der Waals surface area contributed by atoms with Gasteiger partial charge in [0.05, 0.1) is 6.07 Å². The molecule has 1 amide bonds. The molecule has 1 heterocycles. The molecule has 2 aromatic rings. The van der Waals surface area contributed by atoms with Crippen LogP contribution in [0.5, 0.6) is 0 Å². The third kappa shape index (κ3) is 4.02. The van der Waals surface area contributed by atoms with Crippen LogP contribution in [0.1, 0.15) is 30.5 Å². The first-order chi connectivity index (χ1) is 10.5. The van der Waals surface area contributed by atoms with E-state index in [1.165, 1.54) is 16.9 Å². The summed E-state index contributed by atoms with van der Waals surface area (Å²) < 4.78 is 0. The SMILES string of the molecule is Cc1ccc(Nc2nnc([C@H](C#N)NC(=O)C(C)C)s2)cc1. The molecule has 0 fully saturated rings. The fourth-order valence-corrected chi connectivity index (χ4v) is 2.38. The summed E-state index contributed by atoms with van der Waals surface area (Å²) in [5, 5.41) is 24.0. The number of nitrogens with one attached hydrogen (secondary N) is 2. The zero-order chi connectivity index (χ0) is 16.1. The highest BCUT2D eigenvalue weighted by Gasteiger charge is 2.20. The first kappa shape index (κ1) is 15.9. The second-order valence-corrected chi connectivity index (χ2v) is 6.17. The number of amides is 1. The number of carbonyl (C=O) groups is 1. The van der Waals surface area contributed by atoms with Gasteiger partial charge >= 0.3 is 0 Å². The molecule has 1 aromatic carbocycles. The standard InChI is InChI=1S/C15H17N5OS/c1-9(2)13(21)18-12(8-16)14-19-20-15(22-14)17-11-6-4-10(3)5-7-11/h4-7,9,12H,1-3H3,(H,17,20)(H,18,21)/t12-/m0/s1. The summed E-state index contributed by atoms with van der Waals surface area (Å²) >= 11 is 1.25. The minimum atomic E-state index is -0.777. The topological polar surface area (TPSA) is 90.7 Å². The van der Waals surface area contributed by atoms with Gasteiger partial charge < -0.3 is 10.6 Å². The molecule has 0 saturated heterocycles. The number of anilines is 2. The van der Waals surface area contributed by atoms with Crippen molar-refractivity contribution in [1.29, 1.82) is 5.26 Å². The zero-order valence-corrected chi connectivity index (χ0v) is 13.4. The van der Waals surface area contributed by atoms with Crippen LogP contribution in [0.2, 0.25) is 0 Å². The van der Waals surface area contributed by atoms with Gasteiger partial charge in [-0.25, -0.2) is 0 Å². The van der Waals surface area contributed by atoms with Crippen molar-refractivity contribution in [2.75, 3.05) is 5.32 Å². The highest BCUT2D eigenvalue weighted by Crippen LogP contribution is 2.24. The van der Waals surface area contributed by atoms with E-state index in [9.17, 15) is 10.1 Å². The maximum atomic E-state index is 11.7. The van der Waals surface area contributed by atoms with Crippen LogP contribution in [0.4, 0.5) is 10.8 Å². The monoisotopic (exact) mass is 315 g/mol. The lowest BCUT2D eigenvalue weighted by Gasteiger charge is -2.10. The van der Waals surface area contributed by atoms with Crippen molar-refractivity contribution < 1.29 is 4.79 Å². The Bertz CT molecular complexity index is 687. The molecular formula is C15H17N5OS. The summed E-state index contributed by atoms with van der Waals surface area (Å²) in [5.74, 6) is -0.372. The highest BCUT2D eigenvalue weighted by molar-refractivity contribution is 7.15. The van der Waals surface area contributed by atoms with Gasteiger partial charge in [0.2, 0.25) is 11.0 Å². The molecule has 2 rings (SSSR count). The Morgan fingerprint density at radius 3 is 2.55 bits per heavy atom. The summed E-state index contributed by atoms with van der Waals surface area (Å²) in [6, 6.07) is 9.13. The average molecular weight is 315 g/mol. The van der Waals surface area contributed by atoms with Crippen molar-refractivity contribution in [2.24, 2.45) is 5.92 Å². The molecular weight excluding hydrogens is 298 g/mol. The smallest absolute Gasteiger partial charge is 0.223 e. The maximum Gasteiger partial charge on any atom is 0.223 e. The van der Waals surface area contributed by atoms with E-state index in [1.54, 1.807) is 13.8 Å². The lowest BCUT2D eigenvalue weighted by atomic mass is 10.2. The number of aromatic nitrogens is 2. The van der Waals surface area contributed by atoms with Gasteiger partial charge in [0.1, 0.15) is 0 Å². The lowest BCUT2D eigenvalue weighted by molar-refractivity contribution is -0.124. The van der Waals surface area contributed by atoms with Crippen molar-refractivity contribution >= 4 is 28.1 Å². The average Bonchev–Trinajstić information content (AvgIpc) is 2.95.